The van der Waals surface area contributed by atoms with E-state index in [-0.39, 0.29) is 20.7 Å². The SMILES string of the molecule is C=I/C=C\c1ccccc1C. The molecule has 0 N–H and O–H groups in total. The Labute approximate surface area is 77.7 Å². The Bertz CT molecular complexity index is 274. The fraction of sp³-hybridized carbons (Fsp3) is 0.100. The summed E-state index contributed by atoms with van der Waals surface area (Å²) in [5.74, 6) is 0. The second kappa shape index (κ2) is 4.44. The van der Waals surface area contributed by atoms with Gasteiger partial charge in [0.25, 0.3) is 0 Å². The molecular formula is C10H11I. The van der Waals surface area contributed by atoms with Crippen LogP contribution in [-0.4, -0.2) is 4.51 Å². The summed E-state index contributed by atoms with van der Waals surface area (Å²) in [6, 6.07) is 8.38. The number of benzene rings is 1. The molecular weight excluding hydrogens is 247 g/mol. The molecule has 11 heavy (non-hydrogen) atoms. The molecule has 1 rings (SSSR count). The van der Waals surface area contributed by atoms with Crippen molar-refractivity contribution in [2.45, 2.75) is 6.92 Å². The molecule has 1 heteroatoms. The van der Waals surface area contributed by atoms with Crippen molar-refractivity contribution in [3.05, 3.63) is 39.5 Å². The molecule has 0 aromatic heterocycles. The van der Waals surface area contributed by atoms with E-state index in [9.17, 15) is 0 Å². The van der Waals surface area contributed by atoms with Gasteiger partial charge in [0.2, 0.25) is 0 Å². The molecule has 0 fully saturated rings. The van der Waals surface area contributed by atoms with E-state index in [1.165, 1.54) is 11.1 Å². The first-order chi connectivity index (χ1) is 5.34. The lowest BCUT2D eigenvalue weighted by molar-refractivity contribution is 1.45. The minimum absolute atomic E-state index is 0.0383. The zero-order valence-corrected chi connectivity index (χ0v) is 8.71. The van der Waals surface area contributed by atoms with Crippen LogP contribution in [0.5, 0.6) is 0 Å². The van der Waals surface area contributed by atoms with Crippen LogP contribution in [-0.2, 0) is 0 Å². The van der Waals surface area contributed by atoms with Gasteiger partial charge in [0.15, 0.2) is 0 Å². The Morgan fingerprint density at radius 1 is 1.36 bits per heavy atom. The van der Waals surface area contributed by atoms with Gasteiger partial charge in [0, 0.05) is 0 Å². The topological polar surface area (TPSA) is 0 Å². The lowest BCUT2D eigenvalue weighted by Crippen LogP contribution is -1.76. The largest absolute Gasteiger partial charge is 0.102 e. The van der Waals surface area contributed by atoms with Crippen molar-refractivity contribution in [3.63, 3.8) is 0 Å². The molecule has 0 radical (unpaired) electrons. The zero-order chi connectivity index (χ0) is 8.10. The number of aryl methyl sites for hydroxylation is 1. The smallest absolute Gasteiger partial charge is 0.0223 e. The molecule has 0 bridgehead atoms. The van der Waals surface area contributed by atoms with E-state index in [1.54, 1.807) is 0 Å². The summed E-state index contributed by atoms with van der Waals surface area (Å²) in [6.07, 6.45) is 2.16. The highest BCUT2D eigenvalue weighted by Gasteiger charge is 1.88. The van der Waals surface area contributed by atoms with Gasteiger partial charge in [0.05, 0.1) is 0 Å². The van der Waals surface area contributed by atoms with Crippen LogP contribution in [0.15, 0.2) is 28.3 Å². The second-order valence-electron chi connectivity index (χ2n) is 2.30. The van der Waals surface area contributed by atoms with Crippen molar-refractivity contribution < 1.29 is 0 Å². The minimum atomic E-state index is 0.0383. The quantitative estimate of drug-likeness (QED) is 0.713. The number of hydrogen-bond acceptors (Lipinski definition) is 0. The summed E-state index contributed by atoms with van der Waals surface area (Å²) in [5, 5.41) is 0. The van der Waals surface area contributed by atoms with Gasteiger partial charge in [-0.2, -0.15) is 0 Å². The molecule has 0 nitrogen and oxygen atoms in total. The lowest BCUT2D eigenvalue weighted by Gasteiger charge is -1.96. The predicted octanol–water partition coefficient (Wildman–Crippen LogP) is 3.37. The molecule has 0 saturated heterocycles. The van der Waals surface area contributed by atoms with Crippen molar-refractivity contribution >= 4 is 31.3 Å². The Morgan fingerprint density at radius 2 is 2.09 bits per heavy atom. The standard InChI is InChI=1S/C10H11I/c1-9-5-3-4-6-10(9)7-8-11-2/h3-8H,2H2,1H3/b8-7-. The Balaban J connectivity index is 2.94. The third-order valence-corrected chi connectivity index (χ3v) is 2.39. The van der Waals surface area contributed by atoms with Crippen LogP contribution < -0.4 is 0 Å². The second-order valence-corrected chi connectivity index (χ2v) is 3.90. The Kier molecular flexibility index (Phi) is 3.49. The van der Waals surface area contributed by atoms with Crippen molar-refractivity contribution in [2.75, 3.05) is 0 Å². The van der Waals surface area contributed by atoms with Crippen LogP contribution in [0.2, 0.25) is 0 Å². The molecule has 0 heterocycles. The van der Waals surface area contributed by atoms with Crippen molar-refractivity contribution in [1.82, 2.24) is 0 Å². The Morgan fingerprint density at radius 3 is 2.73 bits per heavy atom. The van der Waals surface area contributed by atoms with Gasteiger partial charge in [-0.3, -0.25) is 0 Å². The number of halogens is 1. The third-order valence-electron chi connectivity index (χ3n) is 1.52. The molecule has 58 valence electrons. The van der Waals surface area contributed by atoms with E-state index < -0.39 is 0 Å². The molecule has 0 amide bonds. The van der Waals surface area contributed by atoms with Crippen LogP contribution in [0.25, 0.3) is 6.08 Å². The van der Waals surface area contributed by atoms with Gasteiger partial charge in [-0.15, -0.1) is 20.7 Å². The molecule has 0 atom stereocenters. The van der Waals surface area contributed by atoms with Gasteiger partial charge in [0.1, 0.15) is 0 Å². The molecule has 0 aliphatic heterocycles. The summed E-state index contributed by atoms with van der Waals surface area (Å²) in [6.45, 7) is 2.13. The average molecular weight is 258 g/mol. The van der Waals surface area contributed by atoms with Crippen LogP contribution in [0.4, 0.5) is 0 Å². The summed E-state index contributed by atoms with van der Waals surface area (Å²) >= 11 is 0.0383. The highest BCUT2D eigenvalue weighted by atomic mass is 127. The fourth-order valence-electron chi connectivity index (χ4n) is 0.886. The van der Waals surface area contributed by atoms with Gasteiger partial charge in [-0.05, 0) is 28.2 Å². The highest BCUT2D eigenvalue weighted by Crippen LogP contribution is 2.10. The minimum Gasteiger partial charge on any atom is -0.102 e. The molecule has 1 aromatic rings. The van der Waals surface area contributed by atoms with E-state index >= 15 is 0 Å². The monoisotopic (exact) mass is 258 g/mol. The summed E-state index contributed by atoms with van der Waals surface area (Å²) in [5.41, 5.74) is 2.65. The first-order valence-corrected chi connectivity index (χ1v) is 6.21. The van der Waals surface area contributed by atoms with Gasteiger partial charge < -0.3 is 0 Å². The summed E-state index contributed by atoms with van der Waals surface area (Å²) in [4.78, 5) is 0. The van der Waals surface area contributed by atoms with Gasteiger partial charge >= 0.3 is 0 Å². The molecule has 1 aromatic carbocycles. The third kappa shape index (κ3) is 2.58. The van der Waals surface area contributed by atoms with Crippen LogP contribution in [0, 0.1) is 6.92 Å². The molecule has 0 aliphatic carbocycles. The highest BCUT2D eigenvalue weighted by molar-refractivity contribution is 14.2. The van der Waals surface area contributed by atoms with E-state index in [0.29, 0.717) is 0 Å². The maximum atomic E-state index is 3.85. The van der Waals surface area contributed by atoms with E-state index in [4.69, 9.17) is 0 Å². The zero-order valence-electron chi connectivity index (χ0n) is 6.55. The van der Waals surface area contributed by atoms with Crippen molar-refractivity contribution in [3.8, 4) is 0 Å². The van der Waals surface area contributed by atoms with Gasteiger partial charge in [-0.1, -0.05) is 28.8 Å². The van der Waals surface area contributed by atoms with E-state index in [2.05, 4.69) is 45.9 Å². The van der Waals surface area contributed by atoms with Crippen LogP contribution in [0.1, 0.15) is 11.1 Å². The maximum absolute atomic E-state index is 3.85. The predicted molar refractivity (Wildman–Crippen MR) is 61.4 cm³/mol. The maximum Gasteiger partial charge on any atom is -0.0223 e. The molecule has 0 spiro atoms. The van der Waals surface area contributed by atoms with Crippen molar-refractivity contribution in [2.24, 2.45) is 0 Å². The summed E-state index contributed by atoms with van der Waals surface area (Å²) < 4.78 is 6.04. The Hall–Kier alpha value is -0.440. The normalized spacial score (nSPS) is 10.6. The van der Waals surface area contributed by atoms with Crippen LogP contribution in [0.3, 0.4) is 0 Å². The van der Waals surface area contributed by atoms with Gasteiger partial charge in [-0.25, -0.2) is 0 Å². The molecule has 0 aliphatic rings. The van der Waals surface area contributed by atoms with E-state index in [0.717, 1.165) is 0 Å². The van der Waals surface area contributed by atoms with Crippen LogP contribution >= 0.6 is 20.7 Å². The molecule has 0 unspecified atom stereocenters. The summed E-state index contributed by atoms with van der Waals surface area (Å²) in [7, 11) is 0. The average Bonchev–Trinajstić information content (AvgIpc) is 2.03. The molecule has 0 saturated carbocycles. The van der Waals surface area contributed by atoms with Crippen molar-refractivity contribution in [1.29, 1.82) is 0 Å². The van der Waals surface area contributed by atoms with E-state index in [1.807, 2.05) is 0 Å². The number of hydrogen-bond donors (Lipinski definition) is 0. The fourth-order valence-corrected chi connectivity index (χ4v) is 1.53. The lowest BCUT2D eigenvalue weighted by atomic mass is 10.1. The first-order valence-electron chi connectivity index (χ1n) is 3.43. The first kappa shape index (κ1) is 8.65. The number of rotatable bonds is 2.